The third kappa shape index (κ3) is 3.22. The number of carbonyl (C=O) groups is 1. The van der Waals surface area contributed by atoms with Gasteiger partial charge in [-0.05, 0) is 36.6 Å². The van der Waals surface area contributed by atoms with Crippen molar-refractivity contribution in [1.29, 1.82) is 0 Å². The highest BCUT2D eigenvalue weighted by Crippen LogP contribution is 2.35. The van der Waals surface area contributed by atoms with Gasteiger partial charge in [0.2, 0.25) is 0 Å². The van der Waals surface area contributed by atoms with Gasteiger partial charge in [-0.3, -0.25) is 0 Å². The summed E-state index contributed by atoms with van der Waals surface area (Å²) in [5, 5.41) is 9.14. The van der Waals surface area contributed by atoms with Crippen molar-refractivity contribution >= 4 is 29.3 Å². The molecule has 0 saturated carbocycles. The number of para-hydroxylation sites is 1. The van der Waals surface area contributed by atoms with Crippen molar-refractivity contribution in [3.63, 3.8) is 0 Å². The van der Waals surface area contributed by atoms with Crippen LogP contribution in [0.5, 0.6) is 11.5 Å². The number of carboxylic acids is 1. The van der Waals surface area contributed by atoms with Crippen LogP contribution in [0.25, 0.3) is 0 Å². The highest BCUT2D eigenvalue weighted by molar-refractivity contribution is 7.98. The second-order valence-corrected chi connectivity index (χ2v) is 4.96. The Labute approximate surface area is 120 Å². The predicted molar refractivity (Wildman–Crippen MR) is 76.7 cm³/mol. The molecule has 1 N–H and O–H groups in total. The summed E-state index contributed by atoms with van der Waals surface area (Å²) in [6.07, 6.45) is 1.96. The van der Waals surface area contributed by atoms with E-state index < -0.39 is 5.97 Å². The summed E-state index contributed by atoms with van der Waals surface area (Å²) in [7, 11) is 0. The van der Waals surface area contributed by atoms with Crippen LogP contribution in [0.1, 0.15) is 10.4 Å². The van der Waals surface area contributed by atoms with Gasteiger partial charge in [0.25, 0.3) is 0 Å². The van der Waals surface area contributed by atoms with Crippen LogP contribution in [0.4, 0.5) is 0 Å². The average Bonchev–Trinajstić information content (AvgIpc) is 2.41. The minimum Gasteiger partial charge on any atom is -0.478 e. The quantitative estimate of drug-likeness (QED) is 0.840. The molecule has 2 aromatic carbocycles. The maximum atomic E-state index is 10.8. The number of hydrogen-bond acceptors (Lipinski definition) is 3. The van der Waals surface area contributed by atoms with Crippen LogP contribution in [0, 0.1) is 0 Å². The van der Waals surface area contributed by atoms with Crippen LogP contribution in [0.2, 0.25) is 5.02 Å². The van der Waals surface area contributed by atoms with Gasteiger partial charge in [0.05, 0.1) is 10.6 Å². The molecule has 2 aromatic rings. The lowest BCUT2D eigenvalue weighted by Crippen LogP contribution is -1.96. The van der Waals surface area contributed by atoms with Crippen molar-refractivity contribution in [2.45, 2.75) is 4.90 Å². The van der Waals surface area contributed by atoms with Gasteiger partial charge in [-0.15, -0.1) is 11.8 Å². The molecule has 3 nitrogen and oxygen atoms in total. The van der Waals surface area contributed by atoms with Crippen LogP contribution in [0.15, 0.2) is 47.4 Å². The van der Waals surface area contributed by atoms with E-state index in [2.05, 4.69) is 0 Å². The largest absolute Gasteiger partial charge is 0.478 e. The molecular formula is C14H11ClO3S. The maximum absolute atomic E-state index is 10.8. The molecule has 0 atom stereocenters. The lowest BCUT2D eigenvalue weighted by molar-refractivity contribution is 0.0697. The summed E-state index contributed by atoms with van der Waals surface area (Å²) in [5.41, 5.74) is 0.135. The third-order valence-corrected chi connectivity index (χ3v) is 3.54. The number of aromatic carboxylic acids is 1. The van der Waals surface area contributed by atoms with Gasteiger partial charge in [-0.1, -0.05) is 23.7 Å². The van der Waals surface area contributed by atoms with Gasteiger partial charge in [0, 0.05) is 4.90 Å². The Morgan fingerprint density at radius 2 is 1.95 bits per heavy atom. The molecule has 0 amide bonds. The monoisotopic (exact) mass is 294 g/mol. The Morgan fingerprint density at radius 1 is 1.21 bits per heavy atom. The van der Waals surface area contributed by atoms with Crippen LogP contribution < -0.4 is 4.74 Å². The van der Waals surface area contributed by atoms with E-state index in [-0.39, 0.29) is 10.6 Å². The Bertz CT molecular complexity index is 613. The molecule has 19 heavy (non-hydrogen) atoms. The Morgan fingerprint density at radius 3 is 2.58 bits per heavy atom. The van der Waals surface area contributed by atoms with Crippen LogP contribution in [-0.4, -0.2) is 17.3 Å². The van der Waals surface area contributed by atoms with Gasteiger partial charge >= 0.3 is 5.97 Å². The van der Waals surface area contributed by atoms with Gasteiger partial charge in [-0.25, -0.2) is 4.79 Å². The lowest BCUT2D eigenvalue weighted by Gasteiger charge is -2.11. The standard InChI is InChI=1S/C14H11ClO3S/c1-19-13-5-3-2-4-12(13)18-11-7-6-9(14(16)17)8-10(11)15/h2-8H,1H3,(H,16,17). The van der Waals surface area contributed by atoms with E-state index in [0.717, 1.165) is 4.90 Å². The first-order valence-electron chi connectivity index (χ1n) is 5.45. The number of thioether (sulfide) groups is 1. The highest BCUT2D eigenvalue weighted by atomic mass is 35.5. The van der Waals surface area contributed by atoms with Crippen LogP contribution in [0.3, 0.4) is 0 Å². The average molecular weight is 295 g/mol. The Kier molecular flexibility index (Phi) is 4.35. The minimum atomic E-state index is -1.02. The first-order chi connectivity index (χ1) is 9.11. The molecule has 0 fully saturated rings. The molecule has 5 heteroatoms. The fourth-order valence-electron chi connectivity index (χ4n) is 1.54. The molecule has 0 aliphatic rings. The van der Waals surface area contributed by atoms with E-state index in [4.69, 9.17) is 21.4 Å². The molecule has 0 heterocycles. The van der Waals surface area contributed by atoms with Crippen molar-refractivity contribution in [2.75, 3.05) is 6.26 Å². The summed E-state index contributed by atoms with van der Waals surface area (Å²) in [6.45, 7) is 0. The second kappa shape index (κ2) is 5.99. The number of ether oxygens (including phenoxy) is 1. The lowest BCUT2D eigenvalue weighted by atomic mass is 10.2. The Balaban J connectivity index is 2.31. The van der Waals surface area contributed by atoms with Gasteiger partial charge in [-0.2, -0.15) is 0 Å². The molecule has 0 spiro atoms. The summed E-state index contributed by atoms with van der Waals surface area (Å²) < 4.78 is 5.72. The fourth-order valence-corrected chi connectivity index (χ4v) is 2.28. The normalized spacial score (nSPS) is 10.2. The van der Waals surface area contributed by atoms with Crippen molar-refractivity contribution < 1.29 is 14.6 Å². The summed E-state index contributed by atoms with van der Waals surface area (Å²) in [5.74, 6) is 0.117. The zero-order valence-electron chi connectivity index (χ0n) is 10.1. The second-order valence-electron chi connectivity index (χ2n) is 3.70. The van der Waals surface area contributed by atoms with Crippen LogP contribution >= 0.6 is 23.4 Å². The first kappa shape index (κ1) is 13.8. The van der Waals surface area contributed by atoms with E-state index in [1.165, 1.54) is 12.1 Å². The smallest absolute Gasteiger partial charge is 0.335 e. The number of rotatable bonds is 4. The predicted octanol–water partition coefficient (Wildman–Crippen LogP) is 4.55. The molecule has 98 valence electrons. The molecule has 0 saturated heterocycles. The SMILES string of the molecule is CSc1ccccc1Oc1ccc(C(=O)O)cc1Cl. The van der Waals surface area contributed by atoms with Crippen molar-refractivity contribution in [2.24, 2.45) is 0 Å². The molecule has 2 rings (SSSR count). The molecule has 0 bridgehead atoms. The molecule has 0 unspecified atom stereocenters. The zero-order valence-corrected chi connectivity index (χ0v) is 11.7. The Hall–Kier alpha value is -1.65. The number of carboxylic acid groups (broad SMARTS) is 1. The van der Waals surface area contributed by atoms with Crippen molar-refractivity contribution in [3.05, 3.63) is 53.1 Å². The first-order valence-corrected chi connectivity index (χ1v) is 7.06. The van der Waals surface area contributed by atoms with Gasteiger partial charge in [0.1, 0.15) is 11.5 Å². The fraction of sp³-hybridized carbons (Fsp3) is 0.0714. The van der Waals surface area contributed by atoms with Gasteiger partial charge < -0.3 is 9.84 Å². The number of hydrogen-bond donors (Lipinski definition) is 1. The van der Waals surface area contributed by atoms with E-state index >= 15 is 0 Å². The van der Waals surface area contributed by atoms with Gasteiger partial charge in [0.15, 0.2) is 0 Å². The van der Waals surface area contributed by atoms with E-state index in [9.17, 15) is 4.79 Å². The summed E-state index contributed by atoms with van der Waals surface area (Å²) in [4.78, 5) is 11.8. The maximum Gasteiger partial charge on any atom is 0.335 e. The van der Waals surface area contributed by atoms with E-state index in [1.54, 1.807) is 17.8 Å². The molecular weight excluding hydrogens is 284 g/mol. The molecule has 0 aliphatic heterocycles. The van der Waals surface area contributed by atoms with Crippen molar-refractivity contribution in [3.8, 4) is 11.5 Å². The number of halogens is 1. The zero-order chi connectivity index (χ0) is 13.8. The minimum absolute atomic E-state index is 0.135. The highest BCUT2D eigenvalue weighted by Gasteiger charge is 2.10. The topological polar surface area (TPSA) is 46.5 Å². The summed E-state index contributed by atoms with van der Waals surface area (Å²) >= 11 is 7.59. The number of benzene rings is 2. The van der Waals surface area contributed by atoms with Crippen LogP contribution in [-0.2, 0) is 0 Å². The summed E-state index contributed by atoms with van der Waals surface area (Å²) in [6, 6.07) is 12.0. The molecule has 0 aromatic heterocycles. The van der Waals surface area contributed by atoms with E-state index in [0.29, 0.717) is 11.5 Å². The van der Waals surface area contributed by atoms with E-state index in [1.807, 2.05) is 30.5 Å². The molecule has 0 aliphatic carbocycles. The molecule has 0 radical (unpaired) electrons. The van der Waals surface area contributed by atoms with Crippen molar-refractivity contribution in [1.82, 2.24) is 0 Å². The third-order valence-electron chi connectivity index (χ3n) is 2.47.